The second kappa shape index (κ2) is 11.2. The molecular formula is C34H31F5N6O2. The number of aromatic hydroxyl groups is 1. The number of terminal acetylenes is 1. The van der Waals surface area contributed by atoms with Crippen molar-refractivity contribution in [2.24, 2.45) is 0 Å². The summed E-state index contributed by atoms with van der Waals surface area (Å²) in [6.45, 7) is 1.97. The summed E-state index contributed by atoms with van der Waals surface area (Å²) in [6.07, 6.45) is 5.12. The van der Waals surface area contributed by atoms with Crippen LogP contribution in [0.15, 0.2) is 24.3 Å². The summed E-state index contributed by atoms with van der Waals surface area (Å²) in [5.74, 6) is 0.143. The molecule has 8 rings (SSSR count). The minimum absolute atomic E-state index is 0.0307. The van der Waals surface area contributed by atoms with Crippen LogP contribution in [-0.4, -0.2) is 81.5 Å². The van der Waals surface area contributed by atoms with Gasteiger partial charge in [-0.1, -0.05) is 12.0 Å². The minimum Gasteiger partial charge on any atom is -0.508 e. The van der Waals surface area contributed by atoms with Crippen LogP contribution in [0.5, 0.6) is 11.8 Å². The van der Waals surface area contributed by atoms with Crippen LogP contribution in [0.25, 0.3) is 32.9 Å². The Bertz CT molecular complexity index is 1960. The van der Waals surface area contributed by atoms with Gasteiger partial charge in [0.05, 0.1) is 16.5 Å². The molecule has 0 amide bonds. The molecule has 8 nitrogen and oxygen atoms in total. The topological polar surface area (TPSA) is 86.6 Å². The molecule has 47 heavy (non-hydrogen) atoms. The van der Waals surface area contributed by atoms with Crippen LogP contribution in [0.3, 0.4) is 0 Å². The summed E-state index contributed by atoms with van der Waals surface area (Å²) in [4.78, 5) is 17.0. The summed E-state index contributed by atoms with van der Waals surface area (Å²) in [7, 11) is 0. The number of halogens is 5. The number of anilines is 1. The summed E-state index contributed by atoms with van der Waals surface area (Å²) in [5, 5.41) is 14.1. The Kier molecular flexibility index (Phi) is 7.14. The predicted octanol–water partition coefficient (Wildman–Crippen LogP) is 5.64. The maximum Gasteiger partial charge on any atom is 0.319 e. The number of phenolic OH excluding ortho intramolecular Hbond substituents is 1. The van der Waals surface area contributed by atoms with Crippen LogP contribution in [0.2, 0.25) is 0 Å². The van der Waals surface area contributed by atoms with E-state index in [2.05, 4.69) is 31.1 Å². The van der Waals surface area contributed by atoms with Crippen LogP contribution in [0.1, 0.15) is 49.8 Å². The summed E-state index contributed by atoms with van der Waals surface area (Å²) in [6, 6.07) is 4.85. The molecule has 2 aromatic heterocycles. The predicted molar refractivity (Wildman–Crippen MR) is 165 cm³/mol. The van der Waals surface area contributed by atoms with Crippen molar-refractivity contribution in [3.63, 3.8) is 0 Å². The fraction of sp³-hybridized carbons (Fsp3) is 0.441. The number of benzene rings is 2. The van der Waals surface area contributed by atoms with Crippen molar-refractivity contribution in [1.82, 2.24) is 25.2 Å². The minimum atomic E-state index is -3.18. The number of piperazine rings is 1. The number of rotatable bonds is 6. The second-order valence-electron chi connectivity index (χ2n) is 13.1. The third kappa shape index (κ3) is 4.92. The first kappa shape index (κ1) is 30.1. The van der Waals surface area contributed by atoms with E-state index in [-0.39, 0.29) is 70.0 Å². The van der Waals surface area contributed by atoms with Crippen LogP contribution in [0.4, 0.5) is 27.8 Å². The van der Waals surface area contributed by atoms with E-state index in [0.717, 1.165) is 37.9 Å². The Balaban J connectivity index is 1.34. The largest absolute Gasteiger partial charge is 0.508 e. The van der Waals surface area contributed by atoms with E-state index in [0.29, 0.717) is 26.1 Å². The number of phenols is 1. The van der Waals surface area contributed by atoms with E-state index in [1.165, 1.54) is 12.1 Å². The summed E-state index contributed by atoms with van der Waals surface area (Å²) in [5.41, 5.74) is -2.76. The molecule has 4 aromatic rings. The van der Waals surface area contributed by atoms with E-state index in [1.54, 1.807) is 0 Å². The monoisotopic (exact) mass is 650 g/mol. The van der Waals surface area contributed by atoms with Gasteiger partial charge in [-0.05, 0) is 55.8 Å². The highest BCUT2D eigenvalue weighted by Gasteiger charge is 2.49. The lowest BCUT2D eigenvalue weighted by atomic mass is 9.95. The van der Waals surface area contributed by atoms with Gasteiger partial charge in [0, 0.05) is 49.1 Å². The number of fused-ring (bicyclic) bond motifs is 5. The number of ether oxygens (including phenoxy) is 1. The van der Waals surface area contributed by atoms with Crippen molar-refractivity contribution in [2.45, 2.75) is 62.3 Å². The highest BCUT2D eigenvalue weighted by atomic mass is 19.3. The first-order valence-corrected chi connectivity index (χ1v) is 15.8. The number of pyridine rings is 1. The van der Waals surface area contributed by atoms with Gasteiger partial charge in [-0.3, -0.25) is 4.90 Å². The second-order valence-corrected chi connectivity index (χ2v) is 13.1. The summed E-state index contributed by atoms with van der Waals surface area (Å²) < 4.78 is 82.4. The average molecular weight is 651 g/mol. The van der Waals surface area contributed by atoms with Crippen LogP contribution >= 0.6 is 0 Å². The van der Waals surface area contributed by atoms with Gasteiger partial charge in [0.25, 0.3) is 6.43 Å². The molecular weight excluding hydrogens is 619 g/mol. The molecule has 4 aliphatic rings. The van der Waals surface area contributed by atoms with Gasteiger partial charge >= 0.3 is 6.01 Å². The molecule has 4 aliphatic heterocycles. The smallest absolute Gasteiger partial charge is 0.319 e. The lowest BCUT2D eigenvalue weighted by Crippen LogP contribution is -2.51. The van der Waals surface area contributed by atoms with Crippen LogP contribution < -0.4 is 15.0 Å². The van der Waals surface area contributed by atoms with Crippen LogP contribution in [-0.2, 0) is 0 Å². The molecule has 2 bridgehead atoms. The van der Waals surface area contributed by atoms with Gasteiger partial charge in [-0.25, -0.2) is 26.9 Å². The number of nitrogens with one attached hydrogen (secondary N) is 1. The Hall–Kier alpha value is -4.28. The molecule has 4 saturated heterocycles. The first-order valence-electron chi connectivity index (χ1n) is 15.8. The number of alkyl halides is 3. The van der Waals surface area contributed by atoms with Gasteiger partial charge < -0.3 is 20.1 Å². The van der Waals surface area contributed by atoms with Gasteiger partial charge in [0.1, 0.15) is 47.1 Å². The van der Waals surface area contributed by atoms with Gasteiger partial charge in [0.15, 0.2) is 5.82 Å². The average Bonchev–Trinajstić information content (AvgIpc) is 3.69. The lowest BCUT2D eigenvalue weighted by Gasteiger charge is -2.35. The maximum atomic E-state index is 16.9. The number of aromatic nitrogens is 3. The molecule has 2 aromatic carbocycles. The Morgan fingerprint density at radius 2 is 1.87 bits per heavy atom. The molecule has 244 valence electrons. The van der Waals surface area contributed by atoms with Crippen molar-refractivity contribution >= 4 is 27.5 Å². The van der Waals surface area contributed by atoms with Gasteiger partial charge in [0.2, 0.25) is 0 Å². The van der Waals surface area contributed by atoms with E-state index >= 15 is 4.39 Å². The zero-order valence-electron chi connectivity index (χ0n) is 25.2. The number of nitrogens with zero attached hydrogens (tertiary/aromatic N) is 5. The SMILES string of the molecule is C#Cc1c(F)ccc2cc(O)cc(-c3nc(C(F)F)c4c(N5CC6CCC(C5)N6)nc(OC[C@@]56CCCN5C[C@H](F)C6)nc4c3F)c12. The van der Waals surface area contributed by atoms with Crippen molar-refractivity contribution in [3.8, 4) is 35.4 Å². The van der Waals surface area contributed by atoms with Crippen molar-refractivity contribution < 1.29 is 31.8 Å². The van der Waals surface area contributed by atoms with Gasteiger partial charge in [-0.2, -0.15) is 9.97 Å². The fourth-order valence-electron chi connectivity index (χ4n) is 8.16. The van der Waals surface area contributed by atoms with Crippen LogP contribution in [0, 0.1) is 24.0 Å². The molecule has 0 saturated carbocycles. The summed E-state index contributed by atoms with van der Waals surface area (Å²) >= 11 is 0. The normalized spacial score (nSPS) is 25.6. The number of hydrogen-bond donors (Lipinski definition) is 2. The molecule has 4 atom stereocenters. The van der Waals surface area contributed by atoms with E-state index in [1.807, 2.05) is 4.90 Å². The molecule has 2 N–H and O–H groups in total. The maximum absolute atomic E-state index is 16.9. The third-order valence-electron chi connectivity index (χ3n) is 10.2. The molecule has 0 radical (unpaired) electrons. The quantitative estimate of drug-likeness (QED) is 0.205. The lowest BCUT2D eigenvalue weighted by molar-refractivity contribution is 0.107. The van der Waals surface area contributed by atoms with Crippen molar-refractivity contribution in [2.75, 3.05) is 37.7 Å². The Morgan fingerprint density at radius 3 is 2.62 bits per heavy atom. The molecule has 4 fully saturated rings. The van der Waals surface area contributed by atoms with E-state index in [4.69, 9.17) is 11.2 Å². The van der Waals surface area contributed by atoms with Crippen molar-refractivity contribution in [3.05, 3.63) is 47.2 Å². The Morgan fingerprint density at radius 1 is 1.09 bits per heavy atom. The van der Waals surface area contributed by atoms with E-state index < -0.39 is 46.7 Å². The highest BCUT2D eigenvalue weighted by Crippen LogP contribution is 2.44. The Labute approximate surface area is 266 Å². The number of hydrogen-bond acceptors (Lipinski definition) is 8. The third-order valence-corrected chi connectivity index (χ3v) is 10.2. The van der Waals surface area contributed by atoms with E-state index in [9.17, 15) is 22.7 Å². The zero-order chi connectivity index (χ0) is 32.6. The molecule has 0 aliphatic carbocycles. The first-order chi connectivity index (χ1) is 22.6. The van der Waals surface area contributed by atoms with Gasteiger partial charge in [-0.15, -0.1) is 6.42 Å². The van der Waals surface area contributed by atoms with Crippen molar-refractivity contribution in [1.29, 1.82) is 0 Å². The standard InChI is InChI=1S/C34H31F5N6O2/c1-2-22-24(36)7-4-17-10-21(46)11-23(25(17)22)28-27(37)29-26(30(41-28)31(38)39)32(44-14-19-5-6-20(15-44)40-19)43-33(42-29)47-16-34-8-3-9-45(34)13-18(35)12-34/h1,4,7,10-11,18-20,31,40,46H,3,5-6,8-9,12-16H2/t18-,19?,20?,34+/m1/s1. The molecule has 6 heterocycles. The fourth-order valence-corrected chi connectivity index (χ4v) is 8.16. The molecule has 2 unspecified atom stereocenters. The molecule has 0 spiro atoms. The zero-order valence-corrected chi connectivity index (χ0v) is 25.2. The molecule has 13 heteroatoms. The highest BCUT2D eigenvalue weighted by molar-refractivity contribution is 6.03.